The van der Waals surface area contributed by atoms with Gasteiger partial charge in [0.1, 0.15) is 0 Å². The second-order valence-electron chi connectivity index (χ2n) is 13.5. The molecule has 2 bridgehead atoms. The second-order valence-corrected chi connectivity index (χ2v) is 13.5. The maximum Gasteiger partial charge on any atom is 0.0346 e. The highest BCUT2D eigenvalue weighted by Crippen LogP contribution is 2.75. The van der Waals surface area contributed by atoms with Gasteiger partial charge in [-0.15, -0.1) is 0 Å². The van der Waals surface area contributed by atoms with Crippen LogP contribution in [0.4, 0.5) is 0 Å². The molecule has 184 valence electrons. The molecule has 0 aliphatic heterocycles. The van der Waals surface area contributed by atoms with E-state index in [2.05, 4.69) is 74.1 Å². The van der Waals surface area contributed by atoms with Crippen LogP contribution in [0.5, 0.6) is 0 Å². The van der Waals surface area contributed by atoms with Crippen LogP contribution < -0.4 is 0 Å². The van der Waals surface area contributed by atoms with Gasteiger partial charge >= 0.3 is 0 Å². The van der Waals surface area contributed by atoms with E-state index in [-0.39, 0.29) is 0 Å². The monoisotopic (exact) mass is 466 g/mol. The molecule has 1 aromatic heterocycles. The first-order chi connectivity index (χ1) is 16.8. The van der Waals surface area contributed by atoms with Gasteiger partial charge in [0.05, 0.1) is 0 Å². The van der Waals surface area contributed by atoms with Crippen LogP contribution in [0.1, 0.15) is 90.0 Å². The van der Waals surface area contributed by atoms with Crippen LogP contribution in [0.25, 0.3) is 10.8 Å². The first kappa shape index (κ1) is 22.3. The van der Waals surface area contributed by atoms with Crippen LogP contribution >= 0.6 is 0 Å². The van der Waals surface area contributed by atoms with E-state index in [0.29, 0.717) is 28.2 Å². The third kappa shape index (κ3) is 3.02. The Labute approximate surface area is 211 Å². The number of allylic oxidation sites excluding steroid dienone is 4. The van der Waals surface area contributed by atoms with E-state index in [4.69, 9.17) is 0 Å². The van der Waals surface area contributed by atoms with Gasteiger partial charge in [-0.3, -0.25) is 4.98 Å². The molecule has 0 amide bonds. The van der Waals surface area contributed by atoms with E-state index < -0.39 is 0 Å². The van der Waals surface area contributed by atoms with Crippen molar-refractivity contribution in [3.63, 3.8) is 0 Å². The fourth-order valence-corrected chi connectivity index (χ4v) is 9.92. The number of benzene rings is 1. The molecule has 2 nitrogen and oxygen atoms in total. The number of hydrogen-bond acceptors (Lipinski definition) is 2. The zero-order valence-electron chi connectivity index (χ0n) is 22.2. The third-order valence-electron chi connectivity index (χ3n) is 11.9. The molecule has 2 heteroatoms. The molecule has 6 atom stereocenters. The Kier molecular flexibility index (Phi) is 4.80. The number of rotatable bonds is 3. The lowest BCUT2D eigenvalue weighted by Gasteiger charge is -2.55. The normalized spacial score (nSPS) is 39.9. The molecule has 3 fully saturated rings. The van der Waals surface area contributed by atoms with Crippen molar-refractivity contribution in [2.45, 2.75) is 96.6 Å². The maximum absolute atomic E-state index is 4.41. The summed E-state index contributed by atoms with van der Waals surface area (Å²) < 4.78 is 0. The maximum atomic E-state index is 4.41. The van der Waals surface area contributed by atoms with Crippen molar-refractivity contribution < 1.29 is 0 Å². The van der Waals surface area contributed by atoms with Crippen molar-refractivity contribution in [3.8, 4) is 0 Å². The summed E-state index contributed by atoms with van der Waals surface area (Å²) in [5.74, 6) is 1.49. The molecule has 0 unspecified atom stereocenters. The highest BCUT2D eigenvalue weighted by molar-refractivity contribution is 5.82. The Morgan fingerprint density at radius 2 is 1.94 bits per heavy atom. The number of aromatic nitrogens is 1. The SMILES string of the molecule is CC(C)N(C)[C@H]1CCC2=CC3=CC[C@]4(C)[C@@H](c5ccc6ccncc6c5)CC[C@H]4[C@@]34CC[C@]2(C1)C4. The van der Waals surface area contributed by atoms with Crippen molar-refractivity contribution >= 4 is 10.8 Å². The Morgan fingerprint density at radius 1 is 1.06 bits per heavy atom. The summed E-state index contributed by atoms with van der Waals surface area (Å²) in [7, 11) is 2.37. The summed E-state index contributed by atoms with van der Waals surface area (Å²) in [6.07, 6.45) is 21.8. The fourth-order valence-electron chi connectivity index (χ4n) is 9.92. The predicted molar refractivity (Wildman–Crippen MR) is 145 cm³/mol. The second kappa shape index (κ2) is 7.54. The van der Waals surface area contributed by atoms with Crippen LogP contribution in [0.2, 0.25) is 0 Å². The minimum Gasteiger partial charge on any atom is -0.301 e. The predicted octanol–water partition coefficient (Wildman–Crippen LogP) is 8.05. The topological polar surface area (TPSA) is 16.1 Å². The highest BCUT2D eigenvalue weighted by atomic mass is 15.2. The van der Waals surface area contributed by atoms with E-state index >= 15 is 0 Å². The van der Waals surface area contributed by atoms with E-state index in [1.807, 2.05) is 18.0 Å². The molecular weight excluding hydrogens is 424 g/mol. The van der Waals surface area contributed by atoms with E-state index in [9.17, 15) is 0 Å². The van der Waals surface area contributed by atoms with Crippen LogP contribution in [-0.2, 0) is 0 Å². The minimum absolute atomic E-state index is 0.374. The van der Waals surface area contributed by atoms with Crippen LogP contribution in [0, 0.1) is 22.2 Å². The van der Waals surface area contributed by atoms with Gasteiger partial charge in [-0.05, 0) is 135 Å². The summed E-state index contributed by atoms with van der Waals surface area (Å²) in [4.78, 5) is 7.08. The molecule has 35 heavy (non-hydrogen) atoms. The quantitative estimate of drug-likeness (QED) is 0.455. The van der Waals surface area contributed by atoms with Crippen molar-refractivity contribution in [2.75, 3.05) is 7.05 Å². The standard InChI is InChI=1S/C33H42N2/c1-22(2)35(4)28-8-7-26-18-27-11-13-31(3)29(24-6-5-23-12-16-34-20-25(23)17-24)9-10-30(31)33(27)15-14-32(26,19-28)21-33/h5-6,11-12,16-18,20,22,28-30H,7-10,13-15,19,21H2,1-4H3/t28-,29+,30+,31+,32-,33+/m0/s1. The van der Waals surface area contributed by atoms with Gasteiger partial charge in [0.15, 0.2) is 0 Å². The summed E-state index contributed by atoms with van der Waals surface area (Å²) in [5, 5.41) is 2.61. The lowest BCUT2D eigenvalue weighted by molar-refractivity contribution is 0.0456. The Hall–Kier alpha value is -1.93. The average Bonchev–Trinajstić information content (AvgIpc) is 3.38. The van der Waals surface area contributed by atoms with Gasteiger partial charge in [-0.2, -0.15) is 0 Å². The molecule has 1 heterocycles. The van der Waals surface area contributed by atoms with Gasteiger partial charge < -0.3 is 4.90 Å². The molecule has 0 N–H and O–H groups in total. The number of fused-ring (bicyclic) bond motifs is 2. The first-order valence-electron chi connectivity index (χ1n) is 14.3. The zero-order chi connectivity index (χ0) is 24.0. The van der Waals surface area contributed by atoms with Gasteiger partial charge in [-0.1, -0.05) is 36.8 Å². The first-order valence-corrected chi connectivity index (χ1v) is 14.3. The molecule has 5 aliphatic carbocycles. The van der Waals surface area contributed by atoms with Crippen molar-refractivity contribution in [1.29, 1.82) is 0 Å². The number of nitrogens with zero attached hydrogens (tertiary/aromatic N) is 2. The Balaban J connectivity index is 1.25. The van der Waals surface area contributed by atoms with Crippen LogP contribution in [0.3, 0.4) is 0 Å². The molecule has 0 saturated heterocycles. The molecule has 2 spiro atoms. The average molecular weight is 467 g/mol. The summed E-state index contributed by atoms with van der Waals surface area (Å²) in [6.45, 7) is 7.40. The van der Waals surface area contributed by atoms with E-state index in [1.54, 1.807) is 11.1 Å². The molecule has 2 aromatic rings. The highest BCUT2D eigenvalue weighted by Gasteiger charge is 2.65. The molecule has 5 aliphatic rings. The van der Waals surface area contributed by atoms with Gasteiger partial charge in [-0.25, -0.2) is 0 Å². The molecule has 0 radical (unpaired) electrons. The van der Waals surface area contributed by atoms with Gasteiger partial charge in [0.2, 0.25) is 0 Å². The lowest BCUT2D eigenvalue weighted by Crippen LogP contribution is -2.48. The van der Waals surface area contributed by atoms with Crippen molar-refractivity contribution in [3.05, 3.63) is 65.5 Å². The van der Waals surface area contributed by atoms with E-state index in [0.717, 1.165) is 12.0 Å². The fraction of sp³-hybridized carbons (Fsp3) is 0.606. The summed E-state index contributed by atoms with van der Waals surface area (Å²) in [6, 6.07) is 10.8. The number of hydrogen-bond donors (Lipinski definition) is 0. The lowest BCUT2D eigenvalue weighted by atomic mass is 9.50. The molecule has 7 rings (SSSR count). The van der Waals surface area contributed by atoms with E-state index in [1.165, 1.54) is 68.6 Å². The zero-order valence-corrected chi connectivity index (χ0v) is 22.2. The number of pyridine rings is 1. The third-order valence-corrected chi connectivity index (χ3v) is 11.9. The van der Waals surface area contributed by atoms with Crippen molar-refractivity contribution in [2.24, 2.45) is 22.2 Å². The van der Waals surface area contributed by atoms with Crippen molar-refractivity contribution in [1.82, 2.24) is 9.88 Å². The summed E-state index contributed by atoms with van der Waals surface area (Å²) >= 11 is 0. The summed E-state index contributed by atoms with van der Waals surface area (Å²) in [5.41, 5.74) is 6.42. The van der Waals surface area contributed by atoms with Crippen LogP contribution in [-0.4, -0.2) is 29.0 Å². The van der Waals surface area contributed by atoms with Gasteiger partial charge in [0, 0.05) is 29.9 Å². The molecule has 1 aromatic carbocycles. The largest absolute Gasteiger partial charge is 0.301 e. The molecule has 3 saturated carbocycles. The van der Waals surface area contributed by atoms with Crippen LogP contribution in [0.15, 0.2) is 60.0 Å². The Morgan fingerprint density at radius 3 is 2.80 bits per heavy atom. The Bertz CT molecular complexity index is 1240. The minimum atomic E-state index is 0.374. The smallest absolute Gasteiger partial charge is 0.0346 e. The molecular formula is C33H42N2. The van der Waals surface area contributed by atoms with Gasteiger partial charge in [0.25, 0.3) is 0 Å².